The number of carbonyl (C=O) groups is 4. The maximum Gasteiger partial charge on any atom is 0.326 e. The van der Waals surface area contributed by atoms with Crippen molar-refractivity contribution < 1.29 is 34.5 Å². The summed E-state index contributed by atoms with van der Waals surface area (Å²) in [6.45, 7) is 5.80. The number of carbonyl (C=O) groups excluding carboxylic acids is 1. The molecule has 0 aromatic heterocycles. The zero-order valence-electron chi connectivity index (χ0n) is 29.3. The van der Waals surface area contributed by atoms with Crippen LogP contribution < -0.4 is 11.1 Å². The Morgan fingerprint density at radius 2 is 0.957 bits per heavy atom. The fraction of sp³-hybridized carbons (Fsp3) is 0.889. The van der Waals surface area contributed by atoms with Crippen LogP contribution in [0.25, 0.3) is 0 Å². The molecular weight excluding hydrogens is 586 g/mol. The zero-order valence-corrected chi connectivity index (χ0v) is 29.3. The summed E-state index contributed by atoms with van der Waals surface area (Å²) in [5, 5.41) is 31.1. The second kappa shape index (κ2) is 30.2. The topological polar surface area (TPSA) is 170 Å². The lowest BCUT2D eigenvalue weighted by molar-refractivity contribution is -0.145. The smallest absolute Gasteiger partial charge is 0.326 e. The molecule has 1 amide bonds. The Hall–Kier alpha value is -2.20. The summed E-state index contributed by atoms with van der Waals surface area (Å²) in [7, 11) is 0. The fourth-order valence-electron chi connectivity index (χ4n) is 5.95. The van der Waals surface area contributed by atoms with Crippen molar-refractivity contribution in [1.29, 1.82) is 0 Å². The van der Waals surface area contributed by atoms with Gasteiger partial charge in [0.25, 0.3) is 0 Å². The van der Waals surface area contributed by atoms with E-state index >= 15 is 0 Å². The Bertz CT molecular complexity index is 772. The van der Waals surface area contributed by atoms with Crippen molar-refractivity contribution in [2.45, 2.75) is 192 Å². The monoisotopic (exact) mass is 656 g/mol. The summed E-state index contributed by atoms with van der Waals surface area (Å²) in [5.74, 6) is -3.84. The third-order valence-corrected chi connectivity index (χ3v) is 8.93. The molecule has 0 aromatic carbocycles. The number of hydrogen-bond donors (Lipinski definition) is 5. The van der Waals surface area contributed by atoms with Crippen molar-refractivity contribution in [1.82, 2.24) is 10.2 Å². The summed E-state index contributed by atoms with van der Waals surface area (Å²) in [6, 6.07) is -3.07. The van der Waals surface area contributed by atoms with E-state index in [0.29, 0.717) is 13.1 Å². The van der Waals surface area contributed by atoms with Gasteiger partial charge in [0, 0.05) is 6.42 Å². The van der Waals surface area contributed by atoms with Gasteiger partial charge in [0.2, 0.25) is 5.91 Å². The molecule has 3 atom stereocenters. The van der Waals surface area contributed by atoms with E-state index in [4.69, 9.17) is 10.8 Å². The first-order valence-electron chi connectivity index (χ1n) is 18.6. The van der Waals surface area contributed by atoms with Gasteiger partial charge in [-0.3, -0.25) is 19.3 Å². The second-order valence-corrected chi connectivity index (χ2v) is 13.1. The van der Waals surface area contributed by atoms with Crippen LogP contribution in [-0.2, 0) is 19.2 Å². The number of rotatable bonds is 34. The average Bonchev–Trinajstić information content (AvgIpc) is 3.01. The van der Waals surface area contributed by atoms with Gasteiger partial charge >= 0.3 is 17.9 Å². The van der Waals surface area contributed by atoms with Crippen LogP contribution in [0.1, 0.15) is 174 Å². The predicted octanol–water partition coefficient (Wildman–Crippen LogP) is 7.52. The summed E-state index contributed by atoms with van der Waals surface area (Å²) in [4.78, 5) is 49.7. The van der Waals surface area contributed by atoms with Gasteiger partial charge in [0.05, 0.1) is 0 Å². The van der Waals surface area contributed by atoms with E-state index in [1.165, 1.54) is 89.9 Å². The SMILES string of the molecule is CCCCCCCCCCCCN(CCCCCCCCCCCC)[C@H](CCC(=O)NC(CCCC(N)C(=O)O)C(=O)O)C(=O)O. The first kappa shape index (κ1) is 43.8. The van der Waals surface area contributed by atoms with Crippen molar-refractivity contribution in [3.05, 3.63) is 0 Å². The number of nitrogens with two attached hydrogens (primary N) is 1. The molecule has 0 spiro atoms. The van der Waals surface area contributed by atoms with Crippen LogP contribution in [0.2, 0.25) is 0 Å². The number of hydrogen-bond acceptors (Lipinski definition) is 6. The number of nitrogens with one attached hydrogen (secondary N) is 1. The van der Waals surface area contributed by atoms with Crippen LogP contribution in [0, 0.1) is 0 Å². The molecule has 0 rings (SSSR count). The minimum atomic E-state index is -1.21. The Balaban J connectivity index is 4.89. The Kier molecular flexibility index (Phi) is 28.7. The molecule has 46 heavy (non-hydrogen) atoms. The van der Waals surface area contributed by atoms with Crippen LogP contribution in [0.5, 0.6) is 0 Å². The Morgan fingerprint density at radius 3 is 1.33 bits per heavy atom. The van der Waals surface area contributed by atoms with E-state index in [0.717, 1.165) is 38.5 Å². The molecule has 10 nitrogen and oxygen atoms in total. The highest BCUT2D eigenvalue weighted by molar-refractivity contribution is 5.84. The highest BCUT2D eigenvalue weighted by atomic mass is 16.4. The van der Waals surface area contributed by atoms with E-state index in [-0.39, 0.29) is 32.1 Å². The third kappa shape index (κ3) is 25.0. The minimum Gasteiger partial charge on any atom is -0.480 e. The molecule has 0 aromatic rings. The highest BCUT2D eigenvalue weighted by Gasteiger charge is 2.27. The molecule has 0 aliphatic carbocycles. The minimum absolute atomic E-state index is 0.0496. The van der Waals surface area contributed by atoms with E-state index in [9.17, 15) is 29.4 Å². The molecule has 0 aliphatic heterocycles. The lowest BCUT2D eigenvalue weighted by atomic mass is 10.0. The molecule has 0 heterocycles. The van der Waals surface area contributed by atoms with E-state index in [1.807, 2.05) is 4.90 Å². The second-order valence-electron chi connectivity index (χ2n) is 13.1. The van der Waals surface area contributed by atoms with Crippen LogP contribution in [-0.4, -0.2) is 75.2 Å². The maximum absolute atomic E-state index is 12.7. The van der Waals surface area contributed by atoms with Gasteiger partial charge < -0.3 is 26.4 Å². The van der Waals surface area contributed by atoms with Crippen molar-refractivity contribution >= 4 is 23.8 Å². The standard InChI is InChI=1S/C36H69N3O7/c1-3-5-7-9-11-13-15-17-19-21-28-39(29-22-20-18-16-14-12-10-8-6-4-2)32(36(45)46)26-27-33(40)38-31(35(43)44)25-23-24-30(37)34(41)42/h30-32H,3-29,37H2,1-2H3,(H,38,40)(H,41,42)(H,43,44)(H,45,46)/t30?,31?,32-/m1/s1. The predicted molar refractivity (Wildman–Crippen MR) is 185 cm³/mol. The Labute approximate surface area is 279 Å². The molecule has 0 radical (unpaired) electrons. The van der Waals surface area contributed by atoms with Crippen molar-refractivity contribution in [3.63, 3.8) is 0 Å². The zero-order chi connectivity index (χ0) is 34.4. The van der Waals surface area contributed by atoms with Crippen LogP contribution in [0.3, 0.4) is 0 Å². The van der Waals surface area contributed by atoms with Gasteiger partial charge in [0.15, 0.2) is 0 Å². The summed E-state index contributed by atoms with van der Waals surface area (Å²) < 4.78 is 0. The van der Waals surface area contributed by atoms with E-state index in [2.05, 4.69) is 19.2 Å². The summed E-state index contributed by atoms with van der Waals surface area (Å²) >= 11 is 0. The number of nitrogens with zero attached hydrogens (tertiary/aromatic N) is 1. The molecular formula is C36H69N3O7. The van der Waals surface area contributed by atoms with E-state index < -0.39 is 41.9 Å². The summed E-state index contributed by atoms with van der Waals surface area (Å²) in [6.07, 6.45) is 24.5. The van der Waals surface area contributed by atoms with Gasteiger partial charge in [-0.25, -0.2) is 4.79 Å². The first-order chi connectivity index (χ1) is 22.1. The van der Waals surface area contributed by atoms with Gasteiger partial charge in [-0.15, -0.1) is 0 Å². The molecule has 0 saturated carbocycles. The highest BCUT2D eigenvalue weighted by Crippen LogP contribution is 2.16. The molecule has 10 heteroatoms. The number of unbranched alkanes of at least 4 members (excludes halogenated alkanes) is 18. The summed E-state index contributed by atoms with van der Waals surface area (Å²) in [5.41, 5.74) is 5.49. The first-order valence-corrected chi connectivity index (χ1v) is 18.6. The van der Waals surface area contributed by atoms with Crippen LogP contribution in [0.4, 0.5) is 0 Å². The molecule has 0 aliphatic rings. The van der Waals surface area contributed by atoms with Crippen LogP contribution in [0.15, 0.2) is 0 Å². The van der Waals surface area contributed by atoms with Gasteiger partial charge in [0.1, 0.15) is 18.1 Å². The van der Waals surface area contributed by atoms with Crippen LogP contribution >= 0.6 is 0 Å². The van der Waals surface area contributed by atoms with Gasteiger partial charge in [-0.1, -0.05) is 129 Å². The average molecular weight is 656 g/mol. The van der Waals surface area contributed by atoms with Crippen molar-refractivity contribution in [3.8, 4) is 0 Å². The number of carboxylic acid groups (broad SMARTS) is 3. The normalized spacial score (nSPS) is 13.4. The fourth-order valence-corrected chi connectivity index (χ4v) is 5.95. The van der Waals surface area contributed by atoms with E-state index in [1.54, 1.807) is 0 Å². The largest absolute Gasteiger partial charge is 0.480 e. The third-order valence-electron chi connectivity index (χ3n) is 8.93. The molecule has 6 N–H and O–H groups in total. The number of carboxylic acids is 3. The quantitative estimate of drug-likeness (QED) is 0.0440. The molecule has 0 bridgehead atoms. The van der Waals surface area contributed by atoms with Gasteiger partial charge in [-0.2, -0.15) is 0 Å². The molecule has 270 valence electrons. The van der Waals surface area contributed by atoms with Crippen molar-refractivity contribution in [2.24, 2.45) is 5.73 Å². The lowest BCUT2D eigenvalue weighted by Crippen LogP contribution is -2.45. The lowest BCUT2D eigenvalue weighted by Gasteiger charge is -2.29. The number of aliphatic carboxylic acids is 3. The van der Waals surface area contributed by atoms with Crippen molar-refractivity contribution in [2.75, 3.05) is 13.1 Å². The Morgan fingerprint density at radius 1 is 0.543 bits per heavy atom. The molecule has 0 saturated heterocycles. The molecule has 2 unspecified atom stereocenters. The molecule has 0 fully saturated rings. The maximum atomic E-state index is 12.7. The van der Waals surface area contributed by atoms with Gasteiger partial charge in [-0.05, 0) is 51.6 Å². The number of amides is 1.